The standard InChI is InChI=1S/C32H52O4/c1-9-35-26-31-20-19-29(7)22(21(2)11-10-16-27(3,4)34)14-17-30(29,8)23(31)15-18-32(36-26)24(31)12-13-25(33)28(32,5)6/h10,15-16,18,21-26,33-34H,9,11-14,17,19-20H2,1-8H3/b16-10+/t21-,22-,23+,24+,25+,26-,29-,30+,31+,32-/m1/s1. The number of hydrogen-bond acceptors (Lipinski definition) is 4. The van der Waals surface area contributed by atoms with Crippen LogP contribution in [0, 0.1) is 45.3 Å². The Labute approximate surface area is 219 Å². The maximum absolute atomic E-state index is 11.1. The molecule has 10 atom stereocenters. The predicted molar refractivity (Wildman–Crippen MR) is 144 cm³/mol. The van der Waals surface area contributed by atoms with Gasteiger partial charge >= 0.3 is 0 Å². The fourth-order valence-corrected chi connectivity index (χ4v) is 10.3. The van der Waals surface area contributed by atoms with E-state index in [-0.39, 0.29) is 34.1 Å². The summed E-state index contributed by atoms with van der Waals surface area (Å²) in [5, 5.41) is 21.2. The molecule has 5 aliphatic rings. The van der Waals surface area contributed by atoms with Crippen LogP contribution in [0.1, 0.15) is 100 Å². The molecule has 2 bridgehead atoms. The van der Waals surface area contributed by atoms with E-state index in [9.17, 15) is 10.2 Å². The fourth-order valence-electron chi connectivity index (χ4n) is 10.3. The van der Waals surface area contributed by atoms with Gasteiger partial charge in [-0.2, -0.15) is 0 Å². The van der Waals surface area contributed by atoms with Crippen molar-refractivity contribution < 1.29 is 19.7 Å². The summed E-state index contributed by atoms with van der Waals surface area (Å²) in [5.74, 6) is 2.07. The van der Waals surface area contributed by atoms with E-state index in [1.54, 1.807) is 0 Å². The molecular formula is C32H52O4. The van der Waals surface area contributed by atoms with E-state index >= 15 is 0 Å². The first kappa shape index (κ1) is 26.9. The average Bonchev–Trinajstić information content (AvgIpc) is 3.15. The number of aliphatic hydroxyl groups excluding tert-OH is 1. The highest BCUT2D eigenvalue weighted by molar-refractivity contribution is 5.34. The molecule has 0 aromatic carbocycles. The molecule has 0 aromatic rings. The third-order valence-corrected chi connectivity index (χ3v) is 12.5. The molecule has 0 aromatic heterocycles. The molecule has 3 saturated carbocycles. The molecule has 2 N–H and O–H groups in total. The van der Waals surface area contributed by atoms with Gasteiger partial charge in [-0.05, 0) is 94.3 Å². The zero-order valence-corrected chi connectivity index (χ0v) is 24.1. The van der Waals surface area contributed by atoms with Crippen LogP contribution in [0.25, 0.3) is 0 Å². The largest absolute Gasteiger partial charge is 0.392 e. The topological polar surface area (TPSA) is 58.9 Å². The quantitative estimate of drug-likeness (QED) is 0.401. The van der Waals surface area contributed by atoms with Gasteiger partial charge in [0.2, 0.25) is 0 Å². The first-order chi connectivity index (χ1) is 16.7. The summed E-state index contributed by atoms with van der Waals surface area (Å²) in [6.45, 7) is 18.5. The predicted octanol–water partition coefficient (Wildman–Crippen LogP) is 6.66. The van der Waals surface area contributed by atoms with Crippen molar-refractivity contribution in [1.29, 1.82) is 0 Å². The summed E-state index contributed by atoms with van der Waals surface area (Å²) in [6.07, 6.45) is 16.3. The average molecular weight is 501 g/mol. The number of ether oxygens (including phenoxy) is 2. The van der Waals surface area contributed by atoms with Crippen molar-refractivity contribution >= 4 is 0 Å². The van der Waals surface area contributed by atoms with Crippen molar-refractivity contribution in [2.75, 3.05) is 6.61 Å². The number of aliphatic hydroxyl groups is 2. The van der Waals surface area contributed by atoms with Crippen LogP contribution >= 0.6 is 0 Å². The number of fused-ring (bicyclic) bond motifs is 2. The Balaban J connectivity index is 1.53. The van der Waals surface area contributed by atoms with E-state index in [0.29, 0.717) is 30.3 Å². The molecule has 1 heterocycles. The van der Waals surface area contributed by atoms with E-state index in [0.717, 1.165) is 25.7 Å². The SMILES string of the molecule is CCO[C@@H]1O[C@]23C=C[C@@H]4[C@@]1(CC[C@]1(C)[C@@H]([C@H](C)C/C=C/C(C)(C)O)CC[C@@]41C)[C@@H]2CC[C@H](O)C3(C)C. The molecule has 5 rings (SSSR count). The number of rotatable bonds is 6. The molecule has 4 fully saturated rings. The van der Waals surface area contributed by atoms with Gasteiger partial charge in [-0.3, -0.25) is 0 Å². The van der Waals surface area contributed by atoms with Crippen LogP contribution in [-0.4, -0.2) is 40.4 Å². The smallest absolute Gasteiger partial charge is 0.165 e. The minimum Gasteiger partial charge on any atom is -0.392 e. The maximum Gasteiger partial charge on any atom is 0.165 e. The summed E-state index contributed by atoms with van der Waals surface area (Å²) in [7, 11) is 0. The minimum atomic E-state index is -0.747. The fraction of sp³-hybridized carbons (Fsp3) is 0.875. The molecule has 1 spiro atoms. The van der Waals surface area contributed by atoms with E-state index in [1.165, 1.54) is 19.3 Å². The monoisotopic (exact) mass is 500 g/mol. The lowest BCUT2D eigenvalue weighted by atomic mass is 9.38. The normalized spacial score (nSPS) is 50.1. The lowest BCUT2D eigenvalue weighted by Crippen LogP contribution is -2.65. The Hall–Kier alpha value is -0.680. The molecular weight excluding hydrogens is 448 g/mol. The maximum atomic E-state index is 11.1. The Kier molecular flexibility index (Phi) is 6.28. The van der Waals surface area contributed by atoms with E-state index < -0.39 is 11.2 Å². The zero-order valence-electron chi connectivity index (χ0n) is 24.1. The van der Waals surface area contributed by atoms with Gasteiger partial charge in [-0.1, -0.05) is 58.9 Å². The van der Waals surface area contributed by atoms with E-state index in [1.807, 2.05) is 19.9 Å². The molecule has 0 amide bonds. The van der Waals surface area contributed by atoms with Crippen molar-refractivity contribution in [1.82, 2.24) is 0 Å². The summed E-state index contributed by atoms with van der Waals surface area (Å²) in [4.78, 5) is 0. The molecule has 0 unspecified atom stereocenters. The third-order valence-electron chi connectivity index (χ3n) is 12.5. The van der Waals surface area contributed by atoms with E-state index in [2.05, 4.69) is 59.8 Å². The van der Waals surface area contributed by atoms with Crippen molar-refractivity contribution in [2.24, 2.45) is 45.3 Å². The molecule has 0 radical (unpaired) electrons. The highest BCUT2D eigenvalue weighted by Gasteiger charge is 2.78. The van der Waals surface area contributed by atoms with Crippen molar-refractivity contribution in [3.8, 4) is 0 Å². The van der Waals surface area contributed by atoms with Gasteiger partial charge in [0.05, 0.1) is 11.7 Å². The highest BCUT2D eigenvalue weighted by atomic mass is 16.7. The van der Waals surface area contributed by atoms with E-state index in [4.69, 9.17) is 9.47 Å². The molecule has 4 heteroatoms. The van der Waals surface area contributed by atoms with Crippen LogP contribution < -0.4 is 0 Å². The second kappa shape index (κ2) is 8.41. The Bertz CT molecular complexity index is 916. The summed E-state index contributed by atoms with van der Waals surface area (Å²) < 4.78 is 13.5. The second-order valence-corrected chi connectivity index (χ2v) is 14.8. The molecule has 36 heavy (non-hydrogen) atoms. The van der Waals surface area contributed by atoms with Gasteiger partial charge in [0.1, 0.15) is 5.60 Å². The van der Waals surface area contributed by atoms with Crippen LogP contribution in [0.3, 0.4) is 0 Å². The van der Waals surface area contributed by atoms with Crippen LogP contribution in [0.5, 0.6) is 0 Å². The van der Waals surface area contributed by atoms with Gasteiger partial charge in [-0.15, -0.1) is 0 Å². The van der Waals surface area contributed by atoms with Gasteiger partial charge in [0, 0.05) is 23.4 Å². The van der Waals surface area contributed by atoms with Crippen LogP contribution in [-0.2, 0) is 9.47 Å². The molecule has 204 valence electrons. The molecule has 4 nitrogen and oxygen atoms in total. The van der Waals surface area contributed by atoms with Crippen molar-refractivity contribution in [3.63, 3.8) is 0 Å². The minimum absolute atomic E-state index is 0.0185. The van der Waals surface area contributed by atoms with Gasteiger partial charge in [-0.25, -0.2) is 0 Å². The van der Waals surface area contributed by atoms with Crippen molar-refractivity contribution in [3.05, 3.63) is 24.3 Å². The highest BCUT2D eigenvalue weighted by Crippen LogP contribution is 2.78. The first-order valence-corrected chi connectivity index (χ1v) is 14.8. The summed E-state index contributed by atoms with van der Waals surface area (Å²) >= 11 is 0. The number of hydrogen-bond donors (Lipinski definition) is 2. The molecule has 1 saturated heterocycles. The van der Waals surface area contributed by atoms with Gasteiger partial charge in [0.25, 0.3) is 0 Å². The van der Waals surface area contributed by atoms with Crippen molar-refractivity contribution in [2.45, 2.75) is 124 Å². The molecule has 1 aliphatic heterocycles. The molecule has 4 aliphatic carbocycles. The summed E-state index contributed by atoms with van der Waals surface area (Å²) in [6, 6.07) is 0. The Morgan fingerprint density at radius 3 is 2.47 bits per heavy atom. The lowest BCUT2D eigenvalue weighted by molar-refractivity contribution is -0.233. The van der Waals surface area contributed by atoms with Crippen LogP contribution in [0.4, 0.5) is 0 Å². The summed E-state index contributed by atoms with van der Waals surface area (Å²) in [5.41, 5.74) is -1.10. The van der Waals surface area contributed by atoms with Crippen LogP contribution in [0.2, 0.25) is 0 Å². The van der Waals surface area contributed by atoms with Gasteiger partial charge < -0.3 is 19.7 Å². The zero-order chi connectivity index (χ0) is 26.4. The second-order valence-electron chi connectivity index (χ2n) is 14.8. The van der Waals surface area contributed by atoms with Gasteiger partial charge in [0.15, 0.2) is 6.29 Å². The van der Waals surface area contributed by atoms with Crippen LogP contribution in [0.15, 0.2) is 24.3 Å². The first-order valence-electron chi connectivity index (χ1n) is 14.8. The third kappa shape index (κ3) is 3.32. The Morgan fingerprint density at radius 1 is 1.08 bits per heavy atom. The Morgan fingerprint density at radius 2 is 1.81 bits per heavy atom. The lowest BCUT2D eigenvalue weighted by Gasteiger charge is -2.65. The number of allylic oxidation sites excluding steroid dienone is 2.